The second-order valence-corrected chi connectivity index (χ2v) is 6.81. The maximum absolute atomic E-state index is 13.8. The molecule has 0 saturated carbocycles. The number of halogens is 2. The van der Waals surface area contributed by atoms with Gasteiger partial charge in [0.15, 0.2) is 0 Å². The van der Waals surface area contributed by atoms with E-state index in [1.807, 2.05) is 18.7 Å². The lowest BCUT2D eigenvalue weighted by molar-refractivity contribution is 0.511. The molecule has 1 fully saturated rings. The van der Waals surface area contributed by atoms with E-state index in [-0.39, 0.29) is 0 Å². The molecule has 0 amide bonds. The van der Waals surface area contributed by atoms with Crippen molar-refractivity contribution in [1.82, 2.24) is 10.3 Å². The van der Waals surface area contributed by atoms with Gasteiger partial charge in [-0.25, -0.2) is 8.78 Å². The molecule has 0 unspecified atom stereocenters. The first-order chi connectivity index (χ1) is 10.1. The Kier molecular flexibility index (Phi) is 4.50. The van der Waals surface area contributed by atoms with Gasteiger partial charge in [0.1, 0.15) is 11.6 Å². The molecule has 1 aliphatic rings. The Hall–Kier alpha value is -1.07. The highest BCUT2D eigenvalue weighted by molar-refractivity contribution is 7.99. The van der Waals surface area contributed by atoms with Crippen molar-refractivity contribution in [1.29, 1.82) is 0 Å². The number of fused-ring (bicyclic) bond motifs is 1. The summed E-state index contributed by atoms with van der Waals surface area (Å²) in [6.45, 7) is 2.76. The molecule has 1 aliphatic heterocycles. The second kappa shape index (κ2) is 6.36. The SMILES string of the molecule is Cc1[nH]c2c(F)cc(F)cc2c1CCN[C@H]1CCCSC1. The minimum absolute atomic E-state index is 0.414. The highest BCUT2D eigenvalue weighted by atomic mass is 32.2. The third kappa shape index (κ3) is 3.24. The van der Waals surface area contributed by atoms with Crippen molar-refractivity contribution in [2.45, 2.75) is 32.2 Å². The molecule has 1 aromatic heterocycles. The number of thioether (sulfide) groups is 1. The number of benzene rings is 1. The molecular formula is C16H20F2N2S. The highest BCUT2D eigenvalue weighted by Gasteiger charge is 2.15. The van der Waals surface area contributed by atoms with E-state index in [0.717, 1.165) is 36.0 Å². The van der Waals surface area contributed by atoms with Gasteiger partial charge < -0.3 is 10.3 Å². The average Bonchev–Trinajstić information content (AvgIpc) is 2.77. The molecule has 21 heavy (non-hydrogen) atoms. The zero-order valence-electron chi connectivity index (χ0n) is 12.1. The van der Waals surface area contributed by atoms with E-state index in [1.165, 1.54) is 24.7 Å². The Morgan fingerprint density at radius 2 is 2.24 bits per heavy atom. The van der Waals surface area contributed by atoms with Crippen molar-refractivity contribution in [2.24, 2.45) is 0 Å². The number of hydrogen-bond donors (Lipinski definition) is 2. The van der Waals surface area contributed by atoms with Crippen LogP contribution < -0.4 is 5.32 Å². The predicted octanol–water partition coefficient (Wildman–Crippen LogP) is 3.78. The minimum Gasteiger partial charge on any atom is -0.356 e. The smallest absolute Gasteiger partial charge is 0.150 e. The molecule has 1 aromatic carbocycles. The Morgan fingerprint density at radius 3 is 3.00 bits per heavy atom. The predicted molar refractivity (Wildman–Crippen MR) is 85.0 cm³/mol. The van der Waals surface area contributed by atoms with Crippen molar-refractivity contribution in [2.75, 3.05) is 18.1 Å². The van der Waals surface area contributed by atoms with E-state index in [4.69, 9.17) is 0 Å². The lowest BCUT2D eigenvalue weighted by Gasteiger charge is -2.22. The summed E-state index contributed by atoms with van der Waals surface area (Å²) in [4.78, 5) is 3.04. The van der Waals surface area contributed by atoms with Crippen LogP contribution in [0.4, 0.5) is 8.78 Å². The molecule has 114 valence electrons. The van der Waals surface area contributed by atoms with Gasteiger partial charge >= 0.3 is 0 Å². The van der Waals surface area contributed by atoms with E-state index in [2.05, 4.69) is 10.3 Å². The number of nitrogens with one attached hydrogen (secondary N) is 2. The third-order valence-electron chi connectivity index (χ3n) is 4.11. The Balaban J connectivity index is 1.72. The van der Waals surface area contributed by atoms with Gasteiger partial charge in [0.25, 0.3) is 0 Å². The summed E-state index contributed by atoms with van der Waals surface area (Å²) in [5.41, 5.74) is 2.35. The molecule has 0 bridgehead atoms. The van der Waals surface area contributed by atoms with Crippen LogP contribution in [0.3, 0.4) is 0 Å². The molecular weight excluding hydrogens is 290 g/mol. The normalized spacial score (nSPS) is 19.3. The average molecular weight is 310 g/mol. The van der Waals surface area contributed by atoms with Gasteiger partial charge in [0, 0.05) is 28.9 Å². The van der Waals surface area contributed by atoms with Crippen LogP contribution in [0.5, 0.6) is 0 Å². The number of aryl methyl sites for hydroxylation is 1. The zero-order chi connectivity index (χ0) is 14.8. The molecule has 2 aromatic rings. The molecule has 1 atom stereocenters. The van der Waals surface area contributed by atoms with Gasteiger partial charge in [-0.1, -0.05) is 0 Å². The van der Waals surface area contributed by atoms with Gasteiger partial charge in [-0.15, -0.1) is 0 Å². The maximum Gasteiger partial charge on any atom is 0.150 e. The summed E-state index contributed by atoms with van der Waals surface area (Å²) in [6, 6.07) is 2.93. The molecule has 1 saturated heterocycles. The van der Waals surface area contributed by atoms with Crippen LogP contribution in [0, 0.1) is 18.6 Å². The summed E-state index contributed by atoms with van der Waals surface area (Å²) in [5, 5.41) is 4.23. The van der Waals surface area contributed by atoms with Crippen molar-refractivity contribution >= 4 is 22.7 Å². The van der Waals surface area contributed by atoms with E-state index in [0.29, 0.717) is 16.9 Å². The van der Waals surface area contributed by atoms with E-state index >= 15 is 0 Å². The molecule has 2 heterocycles. The fraction of sp³-hybridized carbons (Fsp3) is 0.500. The topological polar surface area (TPSA) is 27.8 Å². The standard InChI is InChI=1S/C16H20F2N2S/c1-10-13(4-5-19-12-3-2-6-21-9-12)14-7-11(17)8-15(18)16(14)20-10/h7-8,12,19-20H,2-6,9H2,1H3/t12-/m0/s1. The van der Waals surface area contributed by atoms with Gasteiger partial charge in [0.05, 0.1) is 5.52 Å². The first kappa shape index (κ1) is 14.9. The van der Waals surface area contributed by atoms with Crippen LogP contribution in [0.15, 0.2) is 12.1 Å². The lowest BCUT2D eigenvalue weighted by Crippen LogP contribution is -2.35. The zero-order valence-corrected chi connectivity index (χ0v) is 13.0. The van der Waals surface area contributed by atoms with Crippen LogP contribution in [0.25, 0.3) is 10.9 Å². The first-order valence-corrected chi connectivity index (χ1v) is 8.58. The van der Waals surface area contributed by atoms with Crippen LogP contribution in [-0.2, 0) is 6.42 Å². The molecule has 0 aliphatic carbocycles. The molecule has 0 spiro atoms. The second-order valence-electron chi connectivity index (χ2n) is 5.66. The van der Waals surface area contributed by atoms with Crippen molar-refractivity contribution in [3.05, 3.63) is 35.0 Å². The van der Waals surface area contributed by atoms with Gasteiger partial charge in [-0.2, -0.15) is 11.8 Å². The fourth-order valence-electron chi connectivity index (χ4n) is 3.03. The van der Waals surface area contributed by atoms with E-state index < -0.39 is 11.6 Å². The van der Waals surface area contributed by atoms with E-state index in [9.17, 15) is 8.78 Å². The lowest BCUT2D eigenvalue weighted by atomic mass is 10.1. The van der Waals surface area contributed by atoms with Gasteiger partial charge in [-0.3, -0.25) is 0 Å². The van der Waals surface area contributed by atoms with Crippen LogP contribution in [0.2, 0.25) is 0 Å². The van der Waals surface area contributed by atoms with Gasteiger partial charge in [0.2, 0.25) is 0 Å². The first-order valence-electron chi connectivity index (χ1n) is 7.42. The molecule has 3 rings (SSSR count). The fourth-order valence-corrected chi connectivity index (χ4v) is 4.14. The summed E-state index contributed by atoms with van der Waals surface area (Å²) in [7, 11) is 0. The summed E-state index contributed by atoms with van der Waals surface area (Å²) in [6.07, 6.45) is 3.28. The van der Waals surface area contributed by atoms with Crippen LogP contribution in [0.1, 0.15) is 24.1 Å². The summed E-state index contributed by atoms with van der Waals surface area (Å²) >= 11 is 1.99. The molecule has 2 nitrogen and oxygen atoms in total. The number of rotatable bonds is 4. The van der Waals surface area contributed by atoms with Crippen LogP contribution >= 0.6 is 11.8 Å². The largest absolute Gasteiger partial charge is 0.356 e. The number of hydrogen-bond acceptors (Lipinski definition) is 2. The Bertz CT molecular complexity index is 633. The monoisotopic (exact) mass is 310 g/mol. The van der Waals surface area contributed by atoms with Crippen molar-refractivity contribution < 1.29 is 8.78 Å². The molecule has 0 radical (unpaired) electrons. The summed E-state index contributed by atoms with van der Waals surface area (Å²) in [5.74, 6) is 1.39. The Labute approximate surface area is 127 Å². The maximum atomic E-state index is 13.8. The van der Waals surface area contributed by atoms with Crippen LogP contribution in [-0.4, -0.2) is 29.1 Å². The van der Waals surface area contributed by atoms with Crippen molar-refractivity contribution in [3.8, 4) is 0 Å². The molecule has 2 N–H and O–H groups in total. The van der Waals surface area contributed by atoms with Crippen molar-refractivity contribution in [3.63, 3.8) is 0 Å². The number of aromatic amines is 1. The van der Waals surface area contributed by atoms with Gasteiger partial charge in [-0.05, 0) is 50.1 Å². The number of H-pyrrole nitrogens is 1. The number of aromatic nitrogens is 1. The summed E-state index contributed by atoms with van der Waals surface area (Å²) < 4.78 is 27.2. The third-order valence-corrected chi connectivity index (χ3v) is 5.33. The highest BCUT2D eigenvalue weighted by Crippen LogP contribution is 2.26. The Morgan fingerprint density at radius 1 is 1.38 bits per heavy atom. The quantitative estimate of drug-likeness (QED) is 0.899. The molecule has 5 heteroatoms. The minimum atomic E-state index is -0.518. The van der Waals surface area contributed by atoms with E-state index in [1.54, 1.807) is 0 Å².